The quantitative estimate of drug-likeness (QED) is 0.727. The summed E-state index contributed by atoms with van der Waals surface area (Å²) in [6.45, 7) is 4.73. The fourth-order valence-electron chi connectivity index (χ4n) is 1.19. The number of rotatable bonds is 5. The summed E-state index contributed by atoms with van der Waals surface area (Å²) in [6, 6.07) is 3.18. The van der Waals surface area contributed by atoms with E-state index in [4.69, 9.17) is 21.1 Å². The van der Waals surface area contributed by atoms with Crippen LogP contribution in [-0.4, -0.2) is 19.5 Å². The van der Waals surface area contributed by atoms with Gasteiger partial charge in [0.1, 0.15) is 11.5 Å². The molecular formula is C11H13ClO3. The Morgan fingerprint density at radius 1 is 1.20 bits per heavy atom. The number of halogens is 1. The molecule has 82 valence electrons. The van der Waals surface area contributed by atoms with Gasteiger partial charge in [-0.15, -0.1) is 0 Å². The van der Waals surface area contributed by atoms with E-state index >= 15 is 0 Å². The van der Waals surface area contributed by atoms with Crippen LogP contribution in [0.3, 0.4) is 0 Å². The van der Waals surface area contributed by atoms with Crippen molar-refractivity contribution in [3.63, 3.8) is 0 Å². The fourth-order valence-corrected chi connectivity index (χ4v) is 1.42. The Labute approximate surface area is 93.9 Å². The summed E-state index contributed by atoms with van der Waals surface area (Å²) in [7, 11) is 0. The van der Waals surface area contributed by atoms with E-state index in [1.54, 1.807) is 12.1 Å². The molecule has 0 amide bonds. The van der Waals surface area contributed by atoms with E-state index in [0.29, 0.717) is 41.6 Å². The molecule has 1 rings (SSSR count). The Morgan fingerprint density at radius 2 is 1.80 bits per heavy atom. The van der Waals surface area contributed by atoms with Gasteiger partial charge in [0.25, 0.3) is 0 Å². The zero-order valence-corrected chi connectivity index (χ0v) is 9.50. The van der Waals surface area contributed by atoms with Crippen LogP contribution in [0.4, 0.5) is 0 Å². The van der Waals surface area contributed by atoms with Crippen LogP contribution in [0.5, 0.6) is 11.5 Å². The lowest BCUT2D eigenvalue weighted by atomic mass is 10.2. The van der Waals surface area contributed by atoms with Gasteiger partial charge >= 0.3 is 0 Å². The molecule has 0 heterocycles. The number of ether oxygens (including phenoxy) is 2. The van der Waals surface area contributed by atoms with Gasteiger partial charge < -0.3 is 9.47 Å². The highest BCUT2D eigenvalue weighted by Gasteiger charge is 2.09. The van der Waals surface area contributed by atoms with Crippen LogP contribution in [0, 0.1) is 0 Å². The molecule has 0 aliphatic rings. The Hall–Kier alpha value is -1.22. The highest BCUT2D eigenvalue weighted by Crippen LogP contribution is 2.32. The molecule has 1 aromatic carbocycles. The van der Waals surface area contributed by atoms with Crippen molar-refractivity contribution in [1.82, 2.24) is 0 Å². The molecule has 15 heavy (non-hydrogen) atoms. The predicted molar refractivity (Wildman–Crippen MR) is 59.2 cm³/mol. The van der Waals surface area contributed by atoms with Gasteiger partial charge in [-0.25, -0.2) is 0 Å². The maximum Gasteiger partial charge on any atom is 0.153 e. The number of aldehydes is 1. The second-order valence-electron chi connectivity index (χ2n) is 2.80. The van der Waals surface area contributed by atoms with Crippen molar-refractivity contribution in [3.8, 4) is 11.5 Å². The van der Waals surface area contributed by atoms with Gasteiger partial charge in [0.05, 0.1) is 23.8 Å². The Morgan fingerprint density at radius 3 is 2.33 bits per heavy atom. The van der Waals surface area contributed by atoms with Crippen molar-refractivity contribution >= 4 is 17.9 Å². The van der Waals surface area contributed by atoms with Gasteiger partial charge in [0.2, 0.25) is 0 Å². The number of hydrogen-bond acceptors (Lipinski definition) is 3. The summed E-state index contributed by atoms with van der Waals surface area (Å²) in [5, 5.41) is 0.419. The molecule has 0 bridgehead atoms. The first-order valence-electron chi connectivity index (χ1n) is 4.77. The van der Waals surface area contributed by atoms with Crippen molar-refractivity contribution in [2.24, 2.45) is 0 Å². The minimum atomic E-state index is 0.419. The largest absolute Gasteiger partial charge is 0.493 e. The Balaban J connectivity index is 3.11. The lowest BCUT2D eigenvalue weighted by molar-refractivity contribution is 0.112. The summed E-state index contributed by atoms with van der Waals surface area (Å²) in [6.07, 6.45) is 0.715. The predicted octanol–water partition coefficient (Wildman–Crippen LogP) is 2.95. The van der Waals surface area contributed by atoms with Crippen LogP contribution in [0.25, 0.3) is 0 Å². The molecule has 3 nitrogen and oxygen atoms in total. The summed E-state index contributed by atoms with van der Waals surface area (Å²) in [5.74, 6) is 1.04. The third-order valence-corrected chi connectivity index (χ3v) is 2.09. The molecule has 0 spiro atoms. The summed E-state index contributed by atoms with van der Waals surface area (Å²) >= 11 is 5.92. The van der Waals surface area contributed by atoms with Crippen molar-refractivity contribution in [2.45, 2.75) is 13.8 Å². The smallest absolute Gasteiger partial charge is 0.153 e. The van der Waals surface area contributed by atoms with E-state index < -0.39 is 0 Å². The number of hydrogen-bond donors (Lipinski definition) is 0. The number of carbonyl (C=O) groups excluding carboxylic acids is 1. The van der Waals surface area contributed by atoms with Crippen molar-refractivity contribution in [2.75, 3.05) is 13.2 Å². The molecule has 0 unspecified atom stereocenters. The number of carbonyl (C=O) groups is 1. The summed E-state index contributed by atoms with van der Waals surface area (Å²) in [5.41, 5.74) is 0.435. The van der Waals surface area contributed by atoms with Crippen LogP contribution in [0.1, 0.15) is 24.2 Å². The van der Waals surface area contributed by atoms with Crippen molar-refractivity contribution in [3.05, 3.63) is 22.7 Å². The summed E-state index contributed by atoms with van der Waals surface area (Å²) in [4.78, 5) is 10.7. The molecule has 0 radical (unpaired) electrons. The Kier molecular flexibility index (Phi) is 4.43. The molecule has 0 saturated carbocycles. The van der Waals surface area contributed by atoms with Crippen LogP contribution < -0.4 is 9.47 Å². The fraction of sp³-hybridized carbons (Fsp3) is 0.364. The van der Waals surface area contributed by atoms with E-state index in [9.17, 15) is 4.79 Å². The lowest BCUT2D eigenvalue weighted by Crippen LogP contribution is -1.99. The molecule has 4 heteroatoms. The molecule has 0 fully saturated rings. The Bertz CT molecular complexity index is 350. The molecule has 0 atom stereocenters. The van der Waals surface area contributed by atoms with Gasteiger partial charge in [-0.2, -0.15) is 0 Å². The first-order chi connectivity index (χ1) is 7.22. The van der Waals surface area contributed by atoms with Crippen molar-refractivity contribution < 1.29 is 14.3 Å². The van der Waals surface area contributed by atoms with E-state index in [-0.39, 0.29) is 0 Å². The van der Waals surface area contributed by atoms with Gasteiger partial charge in [0, 0.05) is 6.07 Å². The van der Waals surface area contributed by atoms with Gasteiger partial charge in [-0.1, -0.05) is 11.6 Å². The highest BCUT2D eigenvalue weighted by atomic mass is 35.5. The highest BCUT2D eigenvalue weighted by molar-refractivity contribution is 6.32. The first-order valence-corrected chi connectivity index (χ1v) is 5.15. The lowest BCUT2D eigenvalue weighted by Gasteiger charge is -2.10. The molecule has 0 saturated heterocycles. The average Bonchev–Trinajstić information content (AvgIpc) is 2.23. The SMILES string of the molecule is CCOc1cc(OCC)c(C=O)cc1Cl. The molecule has 0 N–H and O–H groups in total. The van der Waals surface area contributed by atoms with Gasteiger partial charge in [-0.05, 0) is 19.9 Å². The third-order valence-electron chi connectivity index (χ3n) is 1.79. The van der Waals surface area contributed by atoms with E-state index in [1.165, 1.54) is 0 Å². The van der Waals surface area contributed by atoms with Crippen LogP contribution in [0.15, 0.2) is 12.1 Å². The second-order valence-corrected chi connectivity index (χ2v) is 3.21. The monoisotopic (exact) mass is 228 g/mol. The molecule has 0 aromatic heterocycles. The zero-order valence-electron chi connectivity index (χ0n) is 8.75. The van der Waals surface area contributed by atoms with E-state index in [2.05, 4.69) is 0 Å². The van der Waals surface area contributed by atoms with Crippen LogP contribution >= 0.6 is 11.6 Å². The third kappa shape index (κ3) is 2.86. The van der Waals surface area contributed by atoms with Gasteiger partial charge in [0.15, 0.2) is 6.29 Å². The topological polar surface area (TPSA) is 35.5 Å². The first kappa shape index (κ1) is 11.9. The number of benzene rings is 1. The van der Waals surface area contributed by atoms with Gasteiger partial charge in [-0.3, -0.25) is 4.79 Å². The zero-order chi connectivity index (χ0) is 11.3. The normalized spacial score (nSPS) is 9.80. The second kappa shape index (κ2) is 5.61. The molecule has 0 aliphatic heterocycles. The summed E-state index contributed by atoms with van der Waals surface area (Å²) < 4.78 is 10.6. The standard InChI is InChI=1S/C11H13ClO3/c1-3-14-10-6-11(15-4-2)9(12)5-8(10)7-13/h5-7H,3-4H2,1-2H3. The average molecular weight is 229 g/mol. The minimum Gasteiger partial charge on any atom is -0.493 e. The molecular weight excluding hydrogens is 216 g/mol. The van der Waals surface area contributed by atoms with Crippen LogP contribution in [0.2, 0.25) is 5.02 Å². The van der Waals surface area contributed by atoms with Crippen molar-refractivity contribution in [1.29, 1.82) is 0 Å². The molecule has 1 aromatic rings. The minimum absolute atomic E-state index is 0.419. The maximum absolute atomic E-state index is 10.7. The van der Waals surface area contributed by atoms with E-state index in [1.807, 2.05) is 13.8 Å². The molecule has 0 aliphatic carbocycles. The van der Waals surface area contributed by atoms with Crippen LogP contribution in [-0.2, 0) is 0 Å². The maximum atomic E-state index is 10.7. The van der Waals surface area contributed by atoms with E-state index in [0.717, 1.165) is 0 Å².